The molecule has 0 heterocycles. The lowest BCUT2D eigenvalue weighted by Crippen LogP contribution is -2.30. The number of hydrogen-bond donors (Lipinski definition) is 0. The molecule has 3 rings (SSSR count). The Morgan fingerprint density at radius 1 is 0.926 bits per heavy atom. The van der Waals surface area contributed by atoms with Crippen molar-refractivity contribution in [2.24, 2.45) is 11.3 Å². The van der Waals surface area contributed by atoms with Gasteiger partial charge in [0.05, 0.1) is 0 Å². The van der Waals surface area contributed by atoms with Gasteiger partial charge in [0.15, 0.2) is 0 Å². The molecule has 0 saturated heterocycles. The van der Waals surface area contributed by atoms with Crippen LogP contribution in [0.4, 0.5) is 0 Å². The molecule has 3 aliphatic carbocycles. The summed E-state index contributed by atoms with van der Waals surface area (Å²) < 4.78 is 1.41. The van der Waals surface area contributed by atoms with Crippen LogP contribution >= 0.6 is 15.9 Å². The summed E-state index contributed by atoms with van der Waals surface area (Å²) in [6, 6.07) is 0. The van der Waals surface area contributed by atoms with Crippen LogP contribution < -0.4 is 0 Å². The highest BCUT2D eigenvalue weighted by Crippen LogP contribution is 2.62. The molecule has 0 aliphatic heterocycles. The lowest BCUT2D eigenvalue weighted by molar-refractivity contribution is 0.210. The second-order valence-electron chi connectivity index (χ2n) is 9.15. The molecule has 0 nitrogen and oxygen atoms in total. The zero-order chi connectivity index (χ0) is 19.3. The normalized spacial score (nSPS) is 23.6. The minimum atomic E-state index is 0.400. The van der Waals surface area contributed by atoms with E-state index in [0.717, 1.165) is 0 Å². The maximum atomic E-state index is 3.86. The Labute approximate surface area is 176 Å². The molecule has 27 heavy (non-hydrogen) atoms. The SMILES string of the molecule is CCCCCCC1(CCCCCC)C2=C(CCC(C)=C2)C2=CC=C(Br)CC21. The monoisotopic (exact) mass is 430 g/mol. The van der Waals surface area contributed by atoms with Crippen molar-refractivity contribution in [3.63, 3.8) is 0 Å². The number of halogens is 1. The number of unbranched alkanes of at least 4 members (excludes halogenated alkanes) is 6. The molecule has 0 aromatic carbocycles. The highest BCUT2D eigenvalue weighted by atomic mass is 79.9. The van der Waals surface area contributed by atoms with Crippen LogP contribution in [0.3, 0.4) is 0 Å². The van der Waals surface area contributed by atoms with E-state index in [-0.39, 0.29) is 0 Å². The Kier molecular flexibility index (Phi) is 7.65. The van der Waals surface area contributed by atoms with Gasteiger partial charge >= 0.3 is 0 Å². The van der Waals surface area contributed by atoms with E-state index in [1.807, 2.05) is 0 Å². The highest BCUT2D eigenvalue weighted by molar-refractivity contribution is 9.11. The van der Waals surface area contributed by atoms with Gasteiger partial charge in [0.25, 0.3) is 0 Å². The molecule has 1 heteroatoms. The Morgan fingerprint density at radius 3 is 2.22 bits per heavy atom. The summed E-state index contributed by atoms with van der Waals surface area (Å²) in [6.07, 6.45) is 25.0. The number of fused-ring (bicyclic) bond motifs is 2. The molecule has 1 atom stereocenters. The lowest BCUT2D eigenvalue weighted by atomic mass is 9.64. The van der Waals surface area contributed by atoms with Crippen molar-refractivity contribution in [3.8, 4) is 0 Å². The van der Waals surface area contributed by atoms with Crippen molar-refractivity contribution in [3.05, 3.63) is 45.0 Å². The summed E-state index contributed by atoms with van der Waals surface area (Å²) >= 11 is 3.86. The van der Waals surface area contributed by atoms with E-state index in [1.54, 1.807) is 22.3 Å². The standard InChI is InChI=1S/C26H39Br/c1-4-6-8-10-16-26(17-11-9-7-5-2)24-18-20(3)12-14-22(24)23-15-13-21(27)19-25(23)26/h13,15,18,25H,4-12,14,16-17,19H2,1-3H3. The van der Waals surface area contributed by atoms with E-state index in [9.17, 15) is 0 Å². The van der Waals surface area contributed by atoms with Gasteiger partial charge < -0.3 is 0 Å². The first kappa shape index (κ1) is 21.2. The first-order chi connectivity index (χ1) is 13.1. The van der Waals surface area contributed by atoms with Crippen LogP contribution in [0, 0.1) is 11.3 Å². The third-order valence-corrected chi connectivity index (χ3v) is 7.80. The Balaban J connectivity index is 1.93. The van der Waals surface area contributed by atoms with E-state index < -0.39 is 0 Å². The summed E-state index contributed by atoms with van der Waals surface area (Å²) in [5, 5.41) is 0. The molecule has 0 N–H and O–H groups in total. The summed E-state index contributed by atoms with van der Waals surface area (Å²) in [5.41, 5.74) is 7.19. The Morgan fingerprint density at radius 2 is 1.59 bits per heavy atom. The third kappa shape index (κ3) is 4.55. The van der Waals surface area contributed by atoms with Crippen LogP contribution in [-0.4, -0.2) is 0 Å². The fourth-order valence-electron chi connectivity index (χ4n) is 5.74. The van der Waals surface area contributed by atoms with E-state index in [4.69, 9.17) is 0 Å². The summed E-state index contributed by atoms with van der Waals surface area (Å²) in [7, 11) is 0. The minimum Gasteiger partial charge on any atom is -0.0727 e. The minimum absolute atomic E-state index is 0.400. The third-order valence-electron chi connectivity index (χ3n) is 7.21. The fourth-order valence-corrected chi connectivity index (χ4v) is 6.20. The van der Waals surface area contributed by atoms with Crippen molar-refractivity contribution in [1.82, 2.24) is 0 Å². The Hall–Kier alpha value is -0.560. The average Bonchev–Trinajstić information content (AvgIpc) is 2.92. The van der Waals surface area contributed by atoms with Gasteiger partial charge in [0.1, 0.15) is 0 Å². The van der Waals surface area contributed by atoms with Gasteiger partial charge in [-0.15, -0.1) is 0 Å². The molecule has 3 aliphatic rings. The van der Waals surface area contributed by atoms with E-state index >= 15 is 0 Å². The smallest absolute Gasteiger partial charge is 0.00279 e. The molecule has 150 valence electrons. The van der Waals surface area contributed by atoms with Crippen molar-refractivity contribution in [2.45, 2.75) is 104 Å². The van der Waals surface area contributed by atoms with Crippen LogP contribution in [0.1, 0.15) is 104 Å². The molecule has 0 amide bonds. The van der Waals surface area contributed by atoms with Crippen molar-refractivity contribution >= 4 is 15.9 Å². The largest absolute Gasteiger partial charge is 0.0727 e. The van der Waals surface area contributed by atoms with Crippen LogP contribution in [0.25, 0.3) is 0 Å². The molecular formula is C26H39Br. The van der Waals surface area contributed by atoms with Crippen LogP contribution in [0.15, 0.2) is 45.0 Å². The number of allylic oxidation sites excluding steroid dienone is 8. The van der Waals surface area contributed by atoms with Gasteiger partial charge in [-0.25, -0.2) is 0 Å². The zero-order valence-corrected chi connectivity index (χ0v) is 19.5. The first-order valence-corrected chi connectivity index (χ1v) is 12.4. The topological polar surface area (TPSA) is 0 Å². The second kappa shape index (κ2) is 9.77. The first-order valence-electron chi connectivity index (χ1n) is 11.6. The lowest BCUT2D eigenvalue weighted by Gasteiger charge is -2.40. The molecule has 0 radical (unpaired) electrons. The molecule has 0 fully saturated rings. The average molecular weight is 432 g/mol. The molecule has 0 saturated carbocycles. The summed E-state index contributed by atoms with van der Waals surface area (Å²) in [5.74, 6) is 0.715. The second-order valence-corrected chi connectivity index (χ2v) is 10.2. The van der Waals surface area contributed by atoms with Gasteiger partial charge in [0.2, 0.25) is 0 Å². The Bertz CT molecular complexity index is 631. The maximum absolute atomic E-state index is 3.86. The molecule has 0 aromatic rings. The van der Waals surface area contributed by atoms with Gasteiger partial charge in [0, 0.05) is 5.41 Å². The van der Waals surface area contributed by atoms with E-state index in [2.05, 4.69) is 54.9 Å². The summed E-state index contributed by atoms with van der Waals surface area (Å²) in [6.45, 7) is 7.01. The number of rotatable bonds is 10. The van der Waals surface area contributed by atoms with Crippen LogP contribution in [0.5, 0.6) is 0 Å². The number of hydrogen-bond acceptors (Lipinski definition) is 0. The van der Waals surface area contributed by atoms with Crippen molar-refractivity contribution < 1.29 is 0 Å². The van der Waals surface area contributed by atoms with Gasteiger partial charge in [-0.2, -0.15) is 0 Å². The zero-order valence-electron chi connectivity index (χ0n) is 17.9. The summed E-state index contributed by atoms with van der Waals surface area (Å²) in [4.78, 5) is 0. The predicted octanol–water partition coefficient (Wildman–Crippen LogP) is 9.19. The van der Waals surface area contributed by atoms with E-state index in [0.29, 0.717) is 11.3 Å². The predicted molar refractivity (Wildman–Crippen MR) is 123 cm³/mol. The van der Waals surface area contributed by atoms with Crippen LogP contribution in [0.2, 0.25) is 0 Å². The highest BCUT2D eigenvalue weighted by Gasteiger charge is 2.50. The van der Waals surface area contributed by atoms with Crippen molar-refractivity contribution in [2.75, 3.05) is 0 Å². The van der Waals surface area contributed by atoms with Gasteiger partial charge in [-0.3, -0.25) is 0 Å². The molecule has 0 spiro atoms. The fraction of sp³-hybridized carbons (Fsp3) is 0.692. The van der Waals surface area contributed by atoms with Crippen molar-refractivity contribution in [1.29, 1.82) is 0 Å². The molecular weight excluding hydrogens is 392 g/mol. The quantitative estimate of drug-likeness (QED) is 0.302. The van der Waals surface area contributed by atoms with Crippen LogP contribution in [-0.2, 0) is 0 Å². The van der Waals surface area contributed by atoms with E-state index in [1.165, 1.54) is 88.0 Å². The van der Waals surface area contributed by atoms with Gasteiger partial charge in [-0.1, -0.05) is 105 Å². The maximum Gasteiger partial charge on any atom is 0.00279 e. The molecule has 0 aromatic heterocycles. The molecule has 1 unspecified atom stereocenters. The van der Waals surface area contributed by atoms with Gasteiger partial charge in [-0.05, 0) is 66.1 Å². The molecule has 0 bridgehead atoms.